The van der Waals surface area contributed by atoms with E-state index in [1.807, 2.05) is 35.8 Å². The summed E-state index contributed by atoms with van der Waals surface area (Å²) in [5.74, 6) is 0.132. The number of carbonyl (C=O) groups excluding carboxylic acids is 1. The highest BCUT2D eigenvalue weighted by atomic mass is 35.5. The minimum Gasteiger partial charge on any atom is -0.494 e. The summed E-state index contributed by atoms with van der Waals surface area (Å²) in [5, 5.41) is 11.8. The van der Waals surface area contributed by atoms with Gasteiger partial charge >= 0.3 is 5.97 Å². The molecule has 2 unspecified atom stereocenters. The van der Waals surface area contributed by atoms with Gasteiger partial charge in [0, 0.05) is 17.4 Å². The molecule has 34 heavy (non-hydrogen) atoms. The summed E-state index contributed by atoms with van der Waals surface area (Å²) >= 11 is 6.56. The molecule has 7 nitrogen and oxygen atoms in total. The number of rotatable bonds is 12. The van der Waals surface area contributed by atoms with E-state index in [1.54, 1.807) is 24.7 Å². The van der Waals surface area contributed by atoms with Crippen LogP contribution in [-0.4, -0.2) is 39.3 Å². The Balaban J connectivity index is 1.80. The number of nitrogens with zero attached hydrogens (tertiary/aromatic N) is 3. The average molecular weight is 486 g/mol. The van der Waals surface area contributed by atoms with Crippen molar-refractivity contribution in [1.82, 2.24) is 14.5 Å². The van der Waals surface area contributed by atoms with Gasteiger partial charge < -0.3 is 19.1 Å². The van der Waals surface area contributed by atoms with Crippen molar-refractivity contribution in [1.29, 1.82) is 0 Å². The third-order valence-electron chi connectivity index (χ3n) is 5.82. The number of aliphatic hydroxyl groups is 1. The van der Waals surface area contributed by atoms with Crippen molar-refractivity contribution in [2.75, 3.05) is 13.7 Å². The fourth-order valence-electron chi connectivity index (χ4n) is 3.84. The number of aromatic nitrogens is 3. The number of hydrogen-bond donors (Lipinski definition) is 1. The van der Waals surface area contributed by atoms with Gasteiger partial charge in [0.1, 0.15) is 17.7 Å². The molecule has 0 saturated carbocycles. The molecule has 182 valence electrons. The van der Waals surface area contributed by atoms with Crippen molar-refractivity contribution < 1.29 is 19.4 Å². The molecule has 2 atom stereocenters. The highest BCUT2D eigenvalue weighted by molar-refractivity contribution is 6.31. The van der Waals surface area contributed by atoms with Crippen molar-refractivity contribution in [3.05, 3.63) is 76.6 Å². The summed E-state index contributed by atoms with van der Waals surface area (Å²) in [5.41, 5.74) is 2.21. The largest absolute Gasteiger partial charge is 0.494 e. The van der Waals surface area contributed by atoms with Gasteiger partial charge in [-0.2, -0.15) is 0 Å². The maximum atomic E-state index is 12.6. The zero-order valence-corrected chi connectivity index (χ0v) is 20.7. The minimum absolute atomic E-state index is 0.288. The van der Waals surface area contributed by atoms with Crippen molar-refractivity contribution in [3.8, 4) is 5.75 Å². The van der Waals surface area contributed by atoms with Crippen LogP contribution in [0.15, 0.2) is 48.9 Å². The molecular formula is C26H32ClN3O4. The lowest BCUT2D eigenvalue weighted by Gasteiger charge is -2.23. The lowest BCUT2D eigenvalue weighted by molar-refractivity contribution is -0.149. The molecule has 3 aromatic rings. The summed E-state index contributed by atoms with van der Waals surface area (Å²) in [6.45, 7) is 5.06. The van der Waals surface area contributed by atoms with Crippen molar-refractivity contribution >= 4 is 17.6 Å². The van der Waals surface area contributed by atoms with Crippen LogP contribution in [0.25, 0.3) is 0 Å². The van der Waals surface area contributed by atoms with Gasteiger partial charge in [-0.25, -0.2) is 4.98 Å². The number of ether oxygens (including phenoxy) is 2. The van der Waals surface area contributed by atoms with Gasteiger partial charge in [0.15, 0.2) is 0 Å². The van der Waals surface area contributed by atoms with E-state index in [2.05, 4.69) is 16.9 Å². The Kier molecular flexibility index (Phi) is 9.48. The Hall–Kier alpha value is -2.90. The van der Waals surface area contributed by atoms with Crippen LogP contribution in [0, 0.1) is 12.8 Å². The number of carbonyl (C=O) groups is 1. The lowest BCUT2D eigenvalue weighted by Crippen LogP contribution is -2.27. The third-order valence-corrected chi connectivity index (χ3v) is 6.17. The van der Waals surface area contributed by atoms with Gasteiger partial charge in [-0.3, -0.25) is 9.78 Å². The van der Waals surface area contributed by atoms with Gasteiger partial charge in [0.25, 0.3) is 0 Å². The van der Waals surface area contributed by atoms with E-state index in [0.717, 1.165) is 36.1 Å². The number of imidazole rings is 1. The molecule has 0 radical (unpaired) electrons. The molecule has 8 heteroatoms. The molecule has 0 aliphatic heterocycles. The second kappa shape index (κ2) is 12.5. The fraction of sp³-hybridized carbons (Fsp3) is 0.423. The highest BCUT2D eigenvalue weighted by Crippen LogP contribution is 2.30. The number of benzene rings is 1. The lowest BCUT2D eigenvalue weighted by atomic mass is 9.93. The van der Waals surface area contributed by atoms with E-state index in [-0.39, 0.29) is 6.42 Å². The normalized spacial score (nSPS) is 12.9. The van der Waals surface area contributed by atoms with Crippen molar-refractivity contribution in [2.24, 2.45) is 5.92 Å². The molecule has 1 aromatic carbocycles. The zero-order valence-electron chi connectivity index (χ0n) is 19.9. The summed E-state index contributed by atoms with van der Waals surface area (Å²) < 4.78 is 12.6. The van der Waals surface area contributed by atoms with Gasteiger partial charge in [0.05, 0.1) is 38.1 Å². The Bertz CT molecular complexity index is 1070. The first-order valence-electron chi connectivity index (χ1n) is 11.5. The van der Waals surface area contributed by atoms with E-state index in [4.69, 9.17) is 21.1 Å². The fourth-order valence-corrected chi connectivity index (χ4v) is 4.07. The first kappa shape index (κ1) is 25.7. The van der Waals surface area contributed by atoms with Crippen LogP contribution < -0.4 is 4.74 Å². The predicted octanol–water partition coefficient (Wildman–Crippen LogP) is 4.92. The number of unbranched alkanes of at least 4 members (excludes halogenated alkanes) is 2. The van der Waals surface area contributed by atoms with E-state index >= 15 is 0 Å². The number of pyridine rings is 1. The van der Waals surface area contributed by atoms with Gasteiger partial charge in [-0.1, -0.05) is 43.5 Å². The van der Waals surface area contributed by atoms with E-state index in [1.165, 1.54) is 7.11 Å². The van der Waals surface area contributed by atoms with E-state index in [9.17, 15) is 9.90 Å². The van der Waals surface area contributed by atoms with Crippen molar-refractivity contribution in [3.63, 3.8) is 0 Å². The molecular weight excluding hydrogens is 454 g/mol. The Morgan fingerprint density at radius 3 is 2.74 bits per heavy atom. The summed E-state index contributed by atoms with van der Waals surface area (Å²) in [4.78, 5) is 21.0. The Morgan fingerprint density at radius 1 is 1.24 bits per heavy atom. The molecule has 0 aliphatic rings. The maximum absolute atomic E-state index is 12.6. The molecule has 0 fully saturated rings. The second-order valence-electron chi connectivity index (χ2n) is 8.27. The standard InChI is InChI=1S/C26H32ClN3O4/c1-4-5-6-12-34-21-10-9-20(23(27)14-21)17-30-18(2)29-16-24(30)25(31)22(26(32)33-3)13-19-8-7-11-28-15-19/h7-11,14-16,22,25,31H,4-6,12-13,17H2,1-3H3. The van der Waals surface area contributed by atoms with Crippen LogP contribution >= 0.6 is 11.6 Å². The highest BCUT2D eigenvalue weighted by Gasteiger charge is 2.32. The van der Waals surface area contributed by atoms with Crippen LogP contribution in [0.3, 0.4) is 0 Å². The van der Waals surface area contributed by atoms with Gasteiger partial charge in [0.2, 0.25) is 0 Å². The first-order valence-corrected chi connectivity index (χ1v) is 11.9. The molecule has 3 rings (SSSR count). The molecule has 0 saturated heterocycles. The molecule has 0 bridgehead atoms. The van der Waals surface area contributed by atoms with E-state index < -0.39 is 18.0 Å². The van der Waals surface area contributed by atoms with Gasteiger partial charge in [-0.05, 0) is 49.1 Å². The Morgan fingerprint density at radius 2 is 2.06 bits per heavy atom. The molecule has 1 N–H and O–H groups in total. The number of halogens is 1. The van der Waals surface area contributed by atoms with Crippen LogP contribution in [0.1, 0.15) is 54.9 Å². The monoisotopic (exact) mass is 485 g/mol. The predicted molar refractivity (Wildman–Crippen MR) is 131 cm³/mol. The second-order valence-corrected chi connectivity index (χ2v) is 8.67. The molecule has 2 aromatic heterocycles. The molecule has 0 spiro atoms. The zero-order chi connectivity index (χ0) is 24.5. The summed E-state index contributed by atoms with van der Waals surface area (Å²) in [7, 11) is 1.32. The quantitative estimate of drug-likeness (QED) is 0.289. The summed E-state index contributed by atoms with van der Waals surface area (Å²) in [6, 6.07) is 9.29. The Labute approximate surface area is 205 Å². The molecule has 2 heterocycles. The third kappa shape index (κ3) is 6.58. The van der Waals surface area contributed by atoms with Crippen LogP contribution in [0.5, 0.6) is 5.75 Å². The van der Waals surface area contributed by atoms with Crippen molar-refractivity contribution in [2.45, 2.75) is 52.2 Å². The van der Waals surface area contributed by atoms with Crippen LogP contribution in [-0.2, 0) is 22.5 Å². The maximum Gasteiger partial charge on any atom is 0.312 e. The number of hydrogen-bond acceptors (Lipinski definition) is 6. The summed E-state index contributed by atoms with van der Waals surface area (Å²) in [6.07, 6.45) is 7.38. The van der Waals surface area contributed by atoms with E-state index in [0.29, 0.717) is 29.7 Å². The number of esters is 1. The SMILES string of the molecule is CCCCCOc1ccc(Cn2c(C(O)C(Cc3cccnc3)C(=O)OC)cnc2C)c(Cl)c1. The first-order chi connectivity index (χ1) is 16.4. The number of aliphatic hydroxyl groups excluding tert-OH is 1. The van der Waals surface area contributed by atoms with Crippen LogP contribution in [0.2, 0.25) is 5.02 Å². The smallest absolute Gasteiger partial charge is 0.312 e. The average Bonchev–Trinajstić information content (AvgIpc) is 3.21. The molecule has 0 aliphatic carbocycles. The molecule has 0 amide bonds. The number of aryl methyl sites for hydroxylation is 1. The van der Waals surface area contributed by atoms with Gasteiger partial charge in [-0.15, -0.1) is 0 Å². The topological polar surface area (TPSA) is 86.5 Å². The minimum atomic E-state index is -1.12. The number of methoxy groups -OCH3 is 1. The van der Waals surface area contributed by atoms with Crippen LogP contribution in [0.4, 0.5) is 0 Å².